The van der Waals surface area contributed by atoms with E-state index in [-0.39, 0.29) is 11.9 Å². The Kier molecular flexibility index (Phi) is 5.82. The summed E-state index contributed by atoms with van der Waals surface area (Å²) < 4.78 is 0. The first-order chi connectivity index (χ1) is 11.4. The van der Waals surface area contributed by atoms with E-state index in [4.69, 9.17) is 17.3 Å². The fraction of sp³-hybridized carbons (Fsp3) is 0.222. The van der Waals surface area contributed by atoms with Crippen LogP contribution >= 0.6 is 11.6 Å². The number of hydrogen-bond acceptors (Lipinski definition) is 2. The fourth-order valence-electron chi connectivity index (χ4n) is 2.30. The summed E-state index contributed by atoms with van der Waals surface area (Å²) in [5.41, 5.74) is 7.51. The first-order valence-corrected chi connectivity index (χ1v) is 7.91. The molecule has 0 heterocycles. The molecule has 0 saturated carbocycles. The molecule has 0 fully saturated rings. The van der Waals surface area contributed by atoms with E-state index < -0.39 is 6.03 Å². The van der Waals surface area contributed by atoms with Crippen LogP contribution in [0.5, 0.6) is 0 Å². The molecule has 1 unspecified atom stereocenters. The van der Waals surface area contributed by atoms with E-state index in [2.05, 4.69) is 5.32 Å². The van der Waals surface area contributed by atoms with Crippen molar-refractivity contribution in [3.05, 3.63) is 70.2 Å². The molecule has 0 aliphatic rings. The summed E-state index contributed by atoms with van der Waals surface area (Å²) in [7, 11) is 1.77. The molecule has 24 heavy (non-hydrogen) atoms. The van der Waals surface area contributed by atoms with Gasteiger partial charge in [0.2, 0.25) is 0 Å². The van der Waals surface area contributed by atoms with Crippen LogP contribution in [0.25, 0.3) is 0 Å². The van der Waals surface area contributed by atoms with Gasteiger partial charge < -0.3 is 16.0 Å². The molecule has 0 aromatic heterocycles. The van der Waals surface area contributed by atoms with Gasteiger partial charge in [-0.2, -0.15) is 0 Å². The molecule has 2 aromatic rings. The molecule has 0 spiro atoms. The minimum absolute atomic E-state index is 0.0770. The molecule has 0 radical (unpaired) electrons. The van der Waals surface area contributed by atoms with Crippen LogP contribution in [0.1, 0.15) is 34.5 Å². The number of hydrogen-bond donors (Lipinski definition) is 2. The highest BCUT2D eigenvalue weighted by Crippen LogP contribution is 2.22. The first-order valence-electron chi connectivity index (χ1n) is 7.53. The summed E-state index contributed by atoms with van der Waals surface area (Å²) in [6, 6.07) is 13.9. The molecule has 1 atom stereocenters. The second-order valence-corrected chi connectivity index (χ2v) is 5.99. The Morgan fingerprint density at radius 2 is 1.71 bits per heavy atom. The van der Waals surface area contributed by atoms with Crippen LogP contribution in [0, 0.1) is 0 Å². The van der Waals surface area contributed by atoms with Gasteiger partial charge in [-0.25, -0.2) is 4.79 Å². The highest BCUT2D eigenvalue weighted by atomic mass is 35.5. The van der Waals surface area contributed by atoms with Gasteiger partial charge in [0, 0.05) is 24.2 Å². The Hall–Kier alpha value is -2.53. The number of benzene rings is 2. The largest absolute Gasteiger partial charge is 0.352 e. The second kappa shape index (κ2) is 7.84. The molecular formula is C18H20ClN3O2. The normalized spacial score (nSPS) is 11.6. The van der Waals surface area contributed by atoms with E-state index in [1.165, 1.54) is 0 Å². The van der Waals surface area contributed by atoms with E-state index in [9.17, 15) is 9.59 Å². The van der Waals surface area contributed by atoms with Crippen LogP contribution in [0.4, 0.5) is 4.79 Å². The minimum atomic E-state index is -0.577. The van der Waals surface area contributed by atoms with E-state index in [1.54, 1.807) is 36.2 Å². The maximum absolute atomic E-state index is 12.6. The van der Waals surface area contributed by atoms with Crippen molar-refractivity contribution in [1.82, 2.24) is 10.2 Å². The second-order valence-electron chi connectivity index (χ2n) is 5.56. The van der Waals surface area contributed by atoms with Crippen LogP contribution in [0.2, 0.25) is 5.02 Å². The molecular weight excluding hydrogens is 326 g/mol. The van der Waals surface area contributed by atoms with Crippen molar-refractivity contribution < 1.29 is 9.59 Å². The molecule has 6 heteroatoms. The summed E-state index contributed by atoms with van der Waals surface area (Å²) in [5, 5.41) is 3.18. The van der Waals surface area contributed by atoms with Crippen molar-refractivity contribution in [1.29, 1.82) is 0 Å². The van der Waals surface area contributed by atoms with Gasteiger partial charge in [0.1, 0.15) is 0 Å². The Labute approximate surface area is 146 Å². The fourth-order valence-corrected chi connectivity index (χ4v) is 2.42. The molecule has 0 bridgehead atoms. The van der Waals surface area contributed by atoms with Gasteiger partial charge in [-0.1, -0.05) is 35.9 Å². The van der Waals surface area contributed by atoms with Gasteiger partial charge in [0.25, 0.3) is 5.91 Å². The molecule has 2 rings (SSSR count). The monoisotopic (exact) mass is 345 g/mol. The zero-order chi connectivity index (χ0) is 17.7. The first kappa shape index (κ1) is 17.8. The third-order valence-corrected chi connectivity index (χ3v) is 4.17. The number of amides is 3. The molecule has 126 valence electrons. The van der Waals surface area contributed by atoms with Crippen molar-refractivity contribution in [2.24, 2.45) is 5.73 Å². The van der Waals surface area contributed by atoms with Crippen molar-refractivity contribution in [3.63, 3.8) is 0 Å². The summed E-state index contributed by atoms with van der Waals surface area (Å²) in [5.74, 6) is -0.0770. The van der Waals surface area contributed by atoms with Gasteiger partial charge in [-0.3, -0.25) is 4.79 Å². The maximum atomic E-state index is 12.6. The van der Waals surface area contributed by atoms with Gasteiger partial charge in [-0.15, -0.1) is 0 Å². The SMILES string of the molecule is CC(c1ccc(Cl)cc1)N(C)C(=O)c1ccc(CNC(N)=O)cc1. The lowest BCUT2D eigenvalue weighted by molar-refractivity contribution is 0.0742. The van der Waals surface area contributed by atoms with Crippen molar-refractivity contribution >= 4 is 23.5 Å². The van der Waals surface area contributed by atoms with Crippen molar-refractivity contribution in [2.75, 3.05) is 7.05 Å². The molecule has 2 aromatic carbocycles. The lowest BCUT2D eigenvalue weighted by Gasteiger charge is -2.25. The van der Waals surface area contributed by atoms with Crippen molar-refractivity contribution in [2.45, 2.75) is 19.5 Å². The molecule has 0 aliphatic heterocycles. The number of nitrogens with one attached hydrogen (secondary N) is 1. The standard InChI is InChI=1S/C18H20ClN3O2/c1-12(14-7-9-16(19)10-8-14)22(2)17(23)15-5-3-13(4-6-15)11-21-18(20)24/h3-10,12H,11H2,1-2H3,(H3,20,21,24). The predicted molar refractivity (Wildman–Crippen MR) is 94.8 cm³/mol. The quantitative estimate of drug-likeness (QED) is 0.872. The maximum Gasteiger partial charge on any atom is 0.312 e. The Bertz CT molecular complexity index is 714. The van der Waals surface area contributed by atoms with Gasteiger partial charge in [0.15, 0.2) is 0 Å². The van der Waals surface area contributed by atoms with E-state index in [1.807, 2.05) is 31.2 Å². The molecule has 0 saturated heterocycles. The number of urea groups is 1. The zero-order valence-corrected chi connectivity index (χ0v) is 14.4. The van der Waals surface area contributed by atoms with Crippen LogP contribution in [-0.4, -0.2) is 23.9 Å². The highest BCUT2D eigenvalue weighted by Gasteiger charge is 2.18. The van der Waals surface area contributed by atoms with Gasteiger partial charge >= 0.3 is 6.03 Å². The Morgan fingerprint density at radius 1 is 1.12 bits per heavy atom. The average molecular weight is 346 g/mol. The molecule has 0 aliphatic carbocycles. The lowest BCUT2D eigenvalue weighted by Crippen LogP contribution is -2.30. The lowest BCUT2D eigenvalue weighted by atomic mass is 10.1. The van der Waals surface area contributed by atoms with Crippen molar-refractivity contribution in [3.8, 4) is 0 Å². The van der Waals surface area contributed by atoms with Crippen LogP contribution in [0.15, 0.2) is 48.5 Å². The Morgan fingerprint density at radius 3 is 2.25 bits per heavy atom. The number of carbonyl (C=O) groups excluding carboxylic acids is 2. The highest BCUT2D eigenvalue weighted by molar-refractivity contribution is 6.30. The van der Waals surface area contributed by atoms with Crippen LogP contribution in [0.3, 0.4) is 0 Å². The summed E-state index contributed by atoms with van der Waals surface area (Å²) in [6.45, 7) is 2.30. The third kappa shape index (κ3) is 4.49. The smallest absolute Gasteiger partial charge is 0.312 e. The van der Waals surface area contributed by atoms with E-state index in [0.717, 1.165) is 11.1 Å². The van der Waals surface area contributed by atoms with Gasteiger partial charge in [0.05, 0.1) is 6.04 Å². The van der Waals surface area contributed by atoms with Crippen LogP contribution < -0.4 is 11.1 Å². The summed E-state index contributed by atoms with van der Waals surface area (Å²) >= 11 is 5.90. The number of carbonyl (C=O) groups is 2. The van der Waals surface area contributed by atoms with E-state index in [0.29, 0.717) is 17.1 Å². The third-order valence-electron chi connectivity index (χ3n) is 3.92. The Balaban J connectivity index is 2.06. The van der Waals surface area contributed by atoms with Gasteiger partial charge in [-0.05, 0) is 42.3 Å². The zero-order valence-electron chi connectivity index (χ0n) is 13.6. The number of nitrogens with two attached hydrogens (primary N) is 1. The van der Waals surface area contributed by atoms with Crippen LogP contribution in [-0.2, 0) is 6.54 Å². The molecule has 3 N–H and O–H groups in total. The number of halogens is 1. The van der Waals surface area contributed by atoms with E-state index >= 15 is 0 Å². The molecule has 5 nitrogen and oxygen atoms in total. The minimum Gasteiger partial charge on any atom is -0.352 e. The number of nitrogens with zero attached hydrogens (tertiary/aromatic N) is 1. The summed E-state index contributed by atoms with van der Waals surface area (Å²) in [4.78, 5) is 25.0. The summed E-state index contributed by atoms with van der Waals surface area (Å²) in [6.07, 6.45) is 0. The molecule has 3 amide bonds. The number of rotatable bonds is 5. The predicted octanol–water partition coefficient (Wildman–Crippen LogP) is 3.34. The average Bonchev–Trinajstić information content (AvgIpc) is 2.59. The topological polar surface area (TPSA) is 75.4 Å². The number of primary amides is 1.